The van der Waals surface area contributed by atoms with E-state index in [0.717, 1.165) is 29.5 Å². The average molecular weight is 307 g/mol. The van der Waals surface area contributed by atoms with E-state index in [4.69, 9.17) is 17.3 Å². The summed E-state index contributed by atoms with van der Waals surface area (Å²) in [7, 11) is 4.05. The molecule has 1 atom stereocenters. The van der Waals surface area contributed by atoms with Gasteiger partial charge in [-0.1, -0.05) is 23.7 Å². The Balaban J connectivity index is 2.28. The van der Waals surface area contributed by atoms with Gasteiger partial charge in [0.2, 0.25) is 0 Å². The van der Waals surface area contributed by atoms with Crippen LogP contribution in [0.3, 0.4) is 0 Å². The summed E-state index contributed by atoms with van der Waals surface area (Å²) >= 11 is 6.06. The topological polar surface area (TPSA) is 47.1 Å². The smallest absolute Gasteiger partial charge is 0.130 e. The first-order valence-electron chi connectivity index (χ1n) is 7.12. The summed E-state index contributed by atoms with van der Waals surface area (Å²) in [6.45, 7) is 4.84. The molecule has 0 saturated carbocycles. The number of nitrogens with zero attached hydrogens (tertiary/aromatic N) is 3. The van der Waals surface area contributed by atoms with Crippen LogP contribution in [0, 0.1) is 6.92 Å². The molecular formula is C16H23ClN4. The molecule has 1 unspecified atom stereocenters. The Morgan fingerprint density at radius 3 is 2.76 bits per heavy atom. The minimum absolute atomic E-state index is 0.117. The fourth-order valence-corrected chi connectivity index (χ4v) is 2.93. The van der Waals surface area contributed by atoms with E-state index in [1.54, 1.807) is 0 Å². The molecule has 2 aromatic rings. The number of anilines is 1. The monoisotopic (exact) mass is 306 g/mol. The normalized spacial score (nSPS) is 12.5. The lowest BCUT2D eigenvalue weighted by Gasteiger charge is -2.22. The molecule has 1 aromatic heterocycles. The van der Waals surface area contributed by atoms with E-state index < -0.39 is 0 Å². The number of nitrogens with two attached hydrogens (primary N) is 1. The number of aryl methyl sites for hydroxylation is 2. The highest BCUT2D eigenvalue weighted by molar-refractivity contribution is 6.30. The molecule has 114 valence electrons. The molecule has 0 aliphatic rings. The van der Waals surface area contributed by atoms with Gasteiger partial charge in [-0.3, -0.25) is 4.68 Å². The number of hydrogen-bond acceptors (Lipinski definition) is 3. The van der Waals surface area contributed by atoms with Crippen LogP contribution < -0.4 is 10.6 Å². The third-order valence-corrected chi connectivity index (χ3v) is 3.74. The summed E-state index contributed by atoms with van der Waals surface area (Å²) in [5, 5.41) is 5.30. The van der Waals surface area contributed by atoms with Crippen LogP contribution in [0.15, 0.2) is 24.3 Å². The van der Waals surface area contributed by atoms with Gasteiger partial charge in [-0.25, -0.2) is 0 Å². The van der Waals surface area contributed by atoms with E-state index in [2.05, 4.69) is 23.1 Å². The molecule has 0 amide bonds. The van der Waals surface area contributed by atoms with Crippen molar-refractivity contribution in [3.63, 3.8) is 0 Å². The summed E-state index contributed by atoms with van der Waals surface area (Å²) in [6.07, 6.45) is 0.828. The molecule has 2 N–H and O–H groups in total. The van der Waals surface area contributed by atoms with Crippen LogP contribution in [-0.4, -0.2) is 22.9 Å². The molecule has 21 heavy (non-hydrogen) atoms. The summed E-state index contributed by atoms with van der Waals surface area (Å²) < 4.78 is 1.93. The van der Waals surface area contributed by atoms with Gasteiger partial charge in [0.25, 0.3) is 0 Å². The lowest BCUT2D eigenvalue weighted by molar-refractivity contribution is 0.715. The minimum Gasteiger partial charge on any atom is -0.355 e. The Morgan fingerprint density at radius 2 is 2.14 bits per heavy atom. The first-order valence-corrected chi connectivity index (χ1v) is 7.50. The van der Waals surface area contributed by atoms with Crippen molar-refractivity contribution in [2.75, 3.05) is 11.9 Å². The van der Waals surface area contributed by atoms with E-state index >= 15 is 0 Å². The molecular weight excluding hydrogens is 284 g/mol. The van der Waals surface area contributed by atoms with E-state index in [1.165, 1.54) is 11.1 Å². The van der Waals surface area contributed by atoms with Crippen LogP contribution in [0.25, 0.3) is 0 Å². The van der Waals surface area contributed by atoms with Crippen molar-refractivity contribution in [1.29, 1.82) is 0 Å². The molecule has 1 heterocycles. The number of aromatic nitrogens is 2. The number of hydrogen-bond donors (Lipinski definition) is 1. The van der Waals surface area contributed by atoms with Crippen molar-refractivity contribution < 1.29 is 0 Å². The molecule has 0 saturated heterocycles. The van der Waals surface area contributed by atoms with Gasteiger partial charge in [0.15, 0.2) is 0 Å². The van der Waals surface area contributed by atoms with Gasteiger partial charge in [0.1, 0.15) is 5.82 Å². The fraction of sp³-hybridized carbons (Fsp3) is 0.438. The molecule has 0 bridgehead atoms. The van der Waals surface area contributed by atoms with Crippen LogP contribution in [0.2, 0.25) is 5.02 Å². The standard InChI is InChI=1S/C16H23ClN4/c1-11(18)8-15-12(2)19-21(4)16(15)20(3)10-13-6-5-7-14(17)9-13/h5-7,9,11H,8,10,18H2,1-4H3. The van der Waals surface area contributed by atoms with Crippen LogP contribution in [0.5, 0.6) is 0 Å². The molecule has 0 radical (unpaired) electrons. The van der Waals surface area contributed by atoms with Gasteiger partial charge in [-0.2, -0.15) is 5.10 Å². The summed E-state index contributed by atoms with van der Waals surface area (Å²) in [5.41, 5.74) is 9.41. The Bertz CT molecular complexity index is 619. The zero-order valence-corrected chi connectivity index (χ0v) is 13.9. The van der Waals surface area contributed by atoms with Gasteiger partial charge in [0.05, 0.1) is 5.69 Å². The number of benzene rings is 1. The summed E-state index contributed by atoms with van der Waals surface area (Å²) in [4.78, 5) is 2.20. The highest BCUT2D eigenvalue weighted by Gasteiger charge is 2.18. The lowest BCUT2D eigenvalue weighted by atomic mass is 10.1. The van der Waals surface area contributed by atoms with Crippen LogP contribution in [0.4, 0.5) is 5.82 Å². The molecule has 4 nitrogen and oxygen atoms in total. The minimum atomic E-state index is 0.117. The highest BCUT2D eigenvalue weighted by atomic mass is 35.5. The van der Waals surface area contributed by atoms with Crippen molar-refractivity contribution in [1.82, 2.24) is 9.78 Å². The maximum Gasteiger partial charge on any atom is 0.130 e. The first-order chi connectivity index (χ1) is 9.88. The molecule has 2 rings (SSSR count). The zero-order chi connectivity index (χ0) is 15.6. The second-order valence-corrected chi connectivity index (χ2v) is 6.12. The zero-order valence-electron chi connectivity index (χ0n) is 13.1. The fourth-order valence-electron chi connectivity index (χ4n) is 2.71. The predicted molar refractivity (Wildman–Crippen MR) is 88.9 cm³/mol. The molecule has 0 aliphatic carbocycles. The van der Waals surface area contributed by atoms with Gasteiger partial charge < -0.3 is 10.6 Å². The molecule has 0 fully saturated rings. The number of halogens is 1. The predicted octanol–water partition coefficient (Wildman–Crippen LogP) is 2.91. The third-order valence-electron chi connectivity index (χ3n) is 3.51. The van der Waals surface area contributed by atoms with Crippen molar-refractivity contribution >= 4 is 17.4 Å². The maximum absolute atomic E-state index is 6.06. The van der Waals surface area contributed by atoms with Gasteiger partial charge in [0, 0.05) is 37.3 Å². The van der Waals surface area contributed by atoms with Crippen molar-refractivity contribution in [3.8, 4) is 0 Å². The van der Waals surface area contributed by atoms with Gasteiger partial charge in [-0.05, 0) is 38.0 Å². The highest BCUT2D eigenvalue weighted by Crippen LogP contribution is 2.25. The van der Waals surface area contributed by atoms with E-state index in [1.807, 2.05) is 43.8 Å². The van der Waals surface area contributed by atoms with Crippen molar-refractivity contribution in [3.05, 3.63) is 46.1 Å². The molecule has 1 aromatic carbocycles. The van der Waals surface area contributed by atoms with Crippen LogP contribution in [0.1, 0.15) is 23.7 Å². The summed E-state index contributed by atoms with van der Waals surface area (Å²) in [5.74, 6) is 1.12. The first kappa shape index (κ1) is 15.9. The second-order valence-electron chi connectivity index (χ2n) is 5.68. The Morgan fingerprint density at radius 1 is 1.43 bits per heavy atom. The van der Waals surface area contributed by atoms with E-state index in [-0.39, 0.29) is 6.04 Å². The number of rotatable bonds is 5. The maximum atomic E-state index is 6.06. The molecule has 0 aliphatic heterocycles. The van der Waals surface area contributed by atoms with Crippen LogP contribution >= 0.6 is 11.6 Å². The van der Waals surface area contributed by atoms with Crippen LogP contribution in [-0.2, 0) is 20.0 Å². The molecule has 5 heteroatoms. The summed E-state index contributed by atoms with van der Waals surface area (Å²) in [6, 6.07) is 8.05. The third kappa shape index (κ3) is 3.77. The lowest BCUT2D eigenvalue weighted by Crippen LogP contribution is -2.23. The van der Waals surface area contributed by atoms with Crippen molar-refractivity contribution in [2.24, 2.45) is 12.8 Å². The van der Waals surface area contributed by atoms with Gasteiger partial charge in [-0.15, -0.1) is 0 Å². The SMILES string of the molecule is Cc1nn(C)c(N(C)Cc2cccc(Cl)c2)c1CC(C)N. The van der Waals surface area contributed by atoms with E-state index in [9.17, 15) is 0 Å². The average Bonchev–Trinajstić information content (AvgIpc) is 2.63. The van der Waals surface area contributed by atoms with Gasteiger partial charge >= 0.3 is 0 Å². The largest absolute Gasteiger partial charge is 0.355 e. The quantitative estimate of drug-likeness (QED) is 0.924. The van der Waals surface area contributed by atoms with Crippen molar-refractivity contribution in [2.45, 2.75) is 32.9 Å². The Labute approximate surface area is 131 Å². The molecule has 0 spiro atoms. The van der Waals surface area contributed by atoms with E-state index in [0.29, 0.717) is 0 Å². The Kier molecular flexibility index (Phi) is 4.91. The Hall–Kier alpha value is -1.52. The second kappa shape index (κ2) is 6.50.